The van der Waals surface area contributed by atoms with Crippen LogP contribution in [0.1, 0.15) is 0 Å². The maximum Gasteiger partial charge on any atom is 0.336 e. The van der Waals surface area contributed by atoms with Crippen molar-refractivity contribution in [3.63, 3.8) is 0 Å². The zero-order chi connectivity index (χ0) is 7.83. The van der Waals surface area contributed by atoms with E-state index in [1.165, 1.54) is 13.3 Å². The van der Waals surface area contributed by atoms with Crippen LogP contribution in [0.15, 0.2) is 0 Å². The van der Waals surface area contributed by atoms with Crippen LogP contribution in [-0.2, 0) is 22.5 Å². The first-order valence-electron chi connectivity index (χ1n) is 2.57. The van der Waals surface area contributed by atoms with Crippen LogP contribution in [0.5, 0.6) is 0 Å². The first kappa shape index (κ1) is 8.44. The van der Waals surface area contributed by atoms with Crippen molar-refractivity contribution in [3.8, 4) is 0 Å². The van der Waals surface area contributed by atoms with E-state index >= 15 is 0 Å². The lowest BCUT2D eigenvalue weighted by Gasteiger charge is -2.24. The Morgan fingerprint density at radius 1 is 1.10 bits per heavy atom. The summed E-state index contributed by atoms with van der Waals surface area (Å²) < 4.78 is 35.5. The molecule has 0 saturated carbocycles. The predicted octanol–water partition coefficient (Wildman–Crippen LogP) is 1.65. The van der Waals surface area contributed by atoms with Gasteiger partial charge in [-0.1, -0.05) is 0 Å². The van der Waals surface area contributed by atoms with E-state index in [1.807, 2.05) is 0 Å². The van der Waals surface area contributed by atoms with Crippen LogP contribution >= 0.6 is 15.2 Å². The van der Waals surface area contributed by atoms with Gasteiger partial charge >= 0.3 is 15.2 Å². The maximum absolute atomic E-state index is 11.0. The summed E-state index contributed by atoms with van der Waals surface area (Å²) >= 11 is 0. The van der Waals surface area contributed by atoms with Gasteiger partial charge in [0, 0.05) is 13.3 Å². The van der Waals surface area contributed by atoms with E-state index in [9.17, 15) is 9.13 Å². The van der Waals surface area contributed by atoms with Gasteiger partial charge in [0.1, 0.15) is 0 Å². The molecule has 1 fully saturated rings. The van der Waals surface area contributed by atoms with E-state index in [0.717, 1.165) is 0 Å². The Kier molecular flexibility index (Phi) is 2.05. The van der Waals surface area contributed by atoms with Gasteiger partial charge in [0.25, 0.3) is 0 Å². The summed E-state index contributed by atoms with van der Waals surface area (Å²) in [5.74, 6) is 0. The van der Waals surface area contributed by atoms with Crippen molar-refractivity contribution < 1.29 is 22.5 Å². The molecule has 60 valence electrons. The molecule has 7 heteroatoms. The van der Waals surface area contributed by atoms with Crippen LogP contribution in [0.25, 0.3) is 0 Å². The molecule has 1 rings (SSSR count). The molecule has 5 nitrogen and oxygen atoms in total. The minimum Gasteiger partial charge on any atom is -0.280 e. The summed E-state index contributed by atoms with van der Waals surface area (Å²) in [5.41, 5.74) is 0. The Labute approximate surface area is 58.7 Å². The van der Waals surface area contributed by atoms with Gasteiger partial charge < -0.3 is 0 Å². The second kappa shape index (κ2) is 2.43. The van der Waals surface area contributed by atoms with Crippen LogP contribution in [0, 0.1) is 0 Å². The zero-order valence-corrected chi connectivity index (χ0v) is 7.43. The van der Waals surface area contributed by atoms with Crippen molar-refractivity contribution in [1.29, 1.82) is 0 Å². The van der Waals surface area contributed by atoms with E-state index in [0.29, 0.717) is 0 Å². The average Bonchev–Trinajstić information content (AvgIpc) is 1.56. The summed E-state index contributed by atoms with van der Waals surface area (Å²) in [7, 11) is -6.19. The monoisotopic (exact) mass is 186 g/mol. The molecule has 0 bridgehead atoms. The Hall–Kier alpha value is 0.340. The van der Waals surface area contributed by atoms with Gasteiger partial charge in [-0.3, -0.25) is 18.2 Å². The predicted molar refractivity (Wildman–Crippen MR) is 35.2 cm³/mol. The maximum atomic E-state index is 11.0. The van der Waals surface area contributed by atoms with Gasteiger partial charge in [-0.2, -0.15) is 0 Å². The minimum atomic E-state index is -3.10. The van der Waals surface area contributed by atoms with Gasteiger partial charge in [0.15, 0.2) is 6.79 Å². The quantitative estimate of drug-likeness (QED) is 0.538. The molecule has 1 aliphatic heterocycles. The summed E-state index contributed by atoms with van der Waals surface area (Å²) in [5, 5.41) is 0. The topological polar surface area (TPSA) is 61.8 Å². The Bertz CT molecular complexity index is 201. The first-order chi connectivity index (χ1) is 4.41. The second-order valence-electron chi connectivity index (χ2n) is 2.00. The van der Waals surface area contributed by atoms with E-state index in [1.54, 1.807) is 0 Å². The highest BCUT2D eigenvalue weighted by molar-refractivity contribution is 7.66. The van der Waals surface area contributed by atoms with Gasteiger partial charge in [0.2, 0.25) is 0 Å². The van der Waals surface area contributed by atoms with E-state index in [-0.39, 0.29) is 6.79 Å². The second-order valence-corrected chi connectivity index (χ2v) is 6.26. The number of rotatable bonds is 0. The van der Waals surface area contributed by atoms with Crippen LogP contribution in [0.3, 0.4) is 0 Å². The SMILES string of the molecule is CP1(=O)OCOP(C)(=O)O1. The lowest BCUT2D eigenvalue weighted by Crippen LogP contribution is -2.05. The van der Waals surface area contributed by atoms with Crippen LogP contribution in [0.2, 0.25) is 0 Å². The molecule has 1 heterocycles. The summed E-state index contributed by atoms with van der Waals surface area (Å²) in [6.07, 6.45) is 0. The molecular formula is C3H8O5P2. The first-order valence-corrected chi connectivity index (χ1v) is 6.55. The molecule has 0 aliphatic carbocycles. The van der Waals surface area contributed by atoms with Crippen molar-refractivity contribution in [2.45, 2.75) is 0 Å². The van der Waals surface area contributed by atoms with Gasteiger partial charge in [-0.15, -0.1) is 0 Å². The summed E-state index contributed by atoms with van der Waals surface area (Å²) in [4.78, 5) is 0. The Morgan fingerprint density at radius 3 is 1.70 bits per heavy atom. The molecular weight excluding hydrogens is 178 g/mol. The Balaban J connectivity index is 2.75. The third-order valence-corrected chi connectivity index (χ3v) is 4.39. The molecule has 2 unspecified atom stereocenters. The lowest BCUT2D eigenvalue weighted by molar-refractivity contribution is 0.0713. The highest BCUT2D eigenvalue weighted by Crippen LogP contribution is 2.64. The number of hydrogen-bond donors (Lipinski definition) is 0. The van der Waals surface area contributed by atoms with Crippen molar-refractivity contribution >= 4 is 15.2 Å². The fourth-order valence-electron chi connectivity index (χ4n) is 0.532. The summed E-state index contributed by atoms with van der Waals surface area (Å²) in [6, 6.07) is 0. The molecule has 0 aromatic carbocycles. The average molecular weight is 186 g/mol. The molecule has 1 saturated heterocycles. The minimum absolute atomic E-state index is 0.221. The molecule has 0 amide bonds. The smallest absolute Gasteiger partial charge is 0.280 e. The van der Waals surface area contributed by atoms with E-state index in [2.05, 4.69) is 13.4 Å². The van der Waals surface area contributed by atoms with Crippen molar-refractivity contribution in [3.05, 3.63) is 0 Å². The van der Waals surface area contributed by atoms with Crippen LogP contribution < -0.4 is 0 Å². The van der Waals surface area contributed by atoms with E-state index < -0.39 is 15.2 Å². The van der Waals surface area contributed by atoms with Gasteiger partial charge in [-0.25, -0.2) is 4.31 Å². The van der Waals surface area contributed by atoms with E-state index in [4.69, 9.17) is 0 Å². The molecule has 0 radical (unpaired) electrons. The van der Waals surface area contributed by atoms with Gasteiger partial charge in [0.05, 0.1) is 0 Å². The molecule has 2 atom stereocenters. The largest absolute Gasteiger partial charge is 0.336 e. The third kappa shape index (κ3) is 2.19. The van der Waals surface area contributed by atoms with Crippen molar-refractivity contribution in [2.75, 3.05) is 20.1 Å². The highest BCUT2D eigenvalue weighted by Gasteiger charge is 2.34. The standard InChI is InChI=1S/C3H8O5P2/c1-9(4)6-3-7-10(2,5)8-9/h3H2,1-2H3. The summed E-state index contributed by atoms with van der Waals surface area (Å²) in [6.45, 7) is 2.29. The zero-order valence-electron chi connectivity index (χ0n) is 5.64. The molecule has 0 aromatic rings. The van der Waals surface area contributed by atoms with Crippen molar-refractivity contribution in [1.82, 2.24) is 0 Å². The van der Waals surface area contributed by atoms with Crippen LogP contribution in [-0.4, -0.2) is 20.1 Å². The van der Waals surface area contributed by atoms with Gasteiger partial charge in [-0.05, 0) is 0 Å². The third-order valence-electron chi connectivity index (χ3n) is 0.871. The highest BCUT2D eigenvalue weighted by atomic mass is 31.3. The molecule has 10 heavy (non-hydrogen) atoms. The lowest BCUT2D eigenvalue weighted by atomic mass is 11.6. The fourth-order valence-corrected chi connectivity index (χ4v) is 3.64. The molecule has 1 aliphatic rings. The number of hydrogen-bond acceptors (Lipinski definition) is 5. The molecule has 0 aromatic heterocycles. The fraction of sp³-hybridized carbons (Fsp3) is 1.00. The Morgan fingerprint density at radius 2 is 1.50 bits per heavy atom. The van der Waals surface area contributed by atoms with Crippen LogP contribution in [0.4, 0.5) is 0 Å². The normalized spacial score (nSPS) is 49.0. The molecule has 0 N–H and O–H groups in total. The molecule has 0 spiro atoms. The van der Waals surface area contributed by atoms with Crippen molar-refractivity contribution in [2.24, 2.45) is 0 Å².